The molecule has 1 saturated carbocycles. The summed E-state index contributed by atoms with van der Waals surface area (Å²) in [6.07, 6.45) is 10.3. The molecule has 1 amide bonds. The van der Waals surface area contributed by atoms with Crippen LogP contribution >= 0.6 is 11.3 Å². The largest absolute Gasteiger partial charge is 0.393 e. The normalized spacial score (nSPS) is 26.4. The van der Waals surface area contributed by atoms with Crippen molar-refractivity contribution in [2.75, 3.05) is 0 Å². The van der Waals surface area contributed by atoms with Gasteiger partial charge in [-0.1, -0.05) is 24.3 Å². The fourth-order valence-electron chi connectivity index (χ4n) is 3.77. The van der Waals surface area contributed by atoms with Gasteiger partial charge in [0.25, 0.3) is 0 Å². The summed E-state index contributed by atoms with van der Waals surface area (Å²) in [6.45, 7) is 2.07. The molecule has 6 heteroatoms. The Labute approximate surface area is 171 Å². The van der Waals surface area contributed by atoms with E-state index in [1.165, 1.54) is 10.4 Å². The maximum atomic E-state index is 10.7. The molecular weight excluding hydrogens is 374 g/mol. The summed E-state index contributed by atoms with van der Waals surface area (Å²) in [5.41, 5.74) is 6.36. The Morgan fingerprint density at radius 3 is 2.82 bits per heavy atom. The van der Waals surface area contributed by atoms with Crippen molar-refractivity contribution in [2.24, 2.45) is 17.6 Å². The van der Waals surface area contributed by atoms with Gasteiger partial charge >= 0.3 is 0 Å². The summed E-state index contributed by atoms with van der Waals surface area (Å²) in [5.74, 6) is -0.519. The summed E-state index contributed by atoms with van der Waals surface area (Å²) in [6, 6.07) is 2.14. The number of hydrogen-bond acceptors (Lipinski definition) is 5. The SMILES string of the molecule is Cc1cc(CCC(O)C=C[C@H]2C(O)CC(O)[C@@H]2CC=CCCCC(N)=O)cs1. The second kappa shape index (κ2) is 11.5. The number of aliphatic hydroxyl groups is 3. The first-order chi connectivity index (χ1) is 13.4. The highest BCUT2D eigenvalue weighted by molar-refractivity contribution is 7.10. The molecule has 5 atom stereocenters. The Bertz CT molecular complexity index is 669. The first-order valence-electron chi connectivity index (χ1n) is 10.1. The lowest BCUT2D eigenvalue weighted by atomic mass is 9.89. The van der Waals surface area contributed by atoms with Crippen LogP contribution in [0.1, 0.15) is 49.0 Å². The molecule has 0 aromatic carbocycles. The van der Waals surface area contributed by atoms with Gasteiger partial charge in [0.05, 0.1) is 18.3 Å². The fraction of sp³-hybridized carbons (Fsp3) is 0.591. The number of unbranched alkanes of at least 4 members (excludes halogenated alkanes) is 1. The number of allylic oxidation sites excluding steroid dienone is 2. The maximum absolute atomic E-state index is 10.7. The zero-order valence-corrected chi connectivity index (χ0v) is 17.4. The van der Waals surface area contributed by atoms with Crippen LogP contribution in [0.2, 0.25) is 0 Å². The number of aliphatic hydroxyl groups excluding tert-OH is 3. The van der Waals surface area contributed by atoms with E-state index in [-0.39, 0.29) is 17.7 Å². The van der Waals surface area contributed by atoms with E-state index in [4.69, 9.17) is 5.73 Å². The summed E-state index contributed by atoms with van der Waals surface area (Å²) < 4.78 is 0. The molecule has 1 aliphatic rings. The summed E-state index contributed by atoms with van der Waals surface area (Å²) in [5, 5.41) is 32.9. The minimum Gasteiger partial charge on any atom is -0.393 e. The minimum absolute atomic E-state index is 0.0645. The molecule has 3 unspecified atom stereocenters. The van der Waals surface area contributed by atoms with Crippen LogP contribution in [0.4, 0.5) is 0 Å². The monoisotopic (exact) mass is 407 g/mol. The van der Waals surface area contributed by atoms with Crippen molar-refractivity contribution in [3.05, 3.63) is 46.2 Å². The van der Waals surface area contributed by atoms with Gasteiger partial charge in [0, 0.05) is 23.6 Å². The Hall–Kier alpha value is -1.47. The van der Waals surface area contributed by atoms with Gasteiger partial charge < -0.3 is 21.1 Å². The number of aryl methyl sites for hydroxylation is 2. The van der Waals surface area contributed by atoms with Crippen LogP contribution in [-0.4, -0.2) is 39.5 Å². The topological polar surface area (TPSA) is 104 Å². The molecule has 1 fully saturated rings. The van der Waals surface area contributed by atoms with E-state index in [0.29, 0.717) is 25.7 Å². The van der Waals surface area contributed by atoms with Crippen molar-refractivity contribution in [3.63, 3.8) is 0 Å². The minimum atomic E-state index is -0.591. The van der Waals surface area contributed by atoms with Gasteiger partial charge in [0.2, 0.25) is 5.91 Å². The molecule has 0 aliphatic heterocycles. The van der Waals surface area contributed by atoms with Gasteiger partial charge in [-0.15, -0.1) is 11.3 Å². The van der Waals surface area contributed by atoms with E-state index < -0.39 is 18.3 Å². The van der Waals surface area contributed by atoms with Crippen LogP contribution < -0.4 is 5.73 Å². The molecule has 156 valence electrons. The van der Waals surface area contributed by atoms with E-state index in [9.17, 15) is 20.1 Å². The molecule has 28 heavy (non-hydrogen) atoms. The third-order valence-corrected chi connectivity index (χ3v) is 6.26. The average Bonchev–Trinajstić information content (AvgIpc) is 3.16. The van der Waals surface area contributed by atoms with E-state index in [0.717, 1.165) is 19.3 Å². The highest BCUT2D eigenvalue weighted by Crippen LogP contribution is 2.36. The van der Waals surface area contributed by atoms with Crippen molar-refractivity contribution in [2.45, 2.75) is 70.2 Å². The second-order valence-corrected chi connectivity index (χ2v) is 8.85. The van der Waals surface area contributed by atoms with Gasteiger partial charge in [-0.2, -0.15) is 0 Å². The van der Waals surface area contributed by atoms with Gasteiger partial charge in [-0.05, 0) is 62.0 Å². The van der Waals surface area contributed by atoms with E-state index in [1.54, 1.807) is 17.4 Å². The molecule has 1 aliphatic carbocycles. The molecule has 2 rings (SSSR count). The molecule has 0 spiro atoms. The molecule has 0 radical (unpaired) electrons. The third kappa shape index (κ3) is 7.51. The quantitative estimate of drug-likeness (QED) is 0.334. The van der Waals surface area contributed by atoms with Crippen LogP contribution in [-0.2, 0) is 11.2 Å². The average molecular weight is 408 g/mol. The Kier molecular flexibility index (Phi) is 9.38. The zero-order valence-electron chi connectivity index (χ0n) is 16.5. The molecule has 1 aromatic heterocycles. The number of carbonyl (C=O) groups is 1. The third-order valence-electron chi connectivity index (χ3n) is 5.35. The second-order valence-electron chi connectivity index (χ2n) is 7.73. The predicted molar refractivity (Wildman–Crippen MR) is 113 cm³/mol. The molecule has 1 heterocycles. The smallest absolute Gasteiger partial charge is 0.217 e. The van der Waals surface area contributed by atoms with Gasteiger partial charge in [-0.3, -0.25) is 4.79 Å². The fourth-order valence-corrected chi connectivity index (χ4v) is 4.51. The molecule has 0 saturated heterocycles. The zero-order chi connectivity index (χ0) is 20.5. The maximum Gasteiger partial charge on any atom is 0.217 e. The van der Waals surface area contributed by atoms with Crippen LogP contribution in [0.5, 0.6) is 0 Å². The molecule has 5 nitrogen and oxygen atoms in total. The van der Waals surface area contributed by atoms with E-state index in [2.05, 4.69) is 18.4 Å². The van der Waals surface area contributed by atoms with E-state index >= 15 is 0 Å². The van der Waals surface area contributed by atoms with Gasteiger partial charge in [0.1, 0.15) is 0 Å². The van der Waals surface area contributed by atoms with Crippen molar-refractivity contribution < 1.29 is 20.1 Å². The van der Waals surface area contributed by atoms with Gasteiger partial charge in [-0.25, -0.2) is 0 Å². The highest BCUT2D eigenvalue weighted by Gasteiger charge is 2.39. The Balaban J connectivity index is 1.81. The van der Waals surface area contributed by atoms with Crippen LogP contribution in [0.25, 0.3) is 0 Å². The van der Waals surface area contributed by atoms with Crippen LogP contribution in [0, 0.1) is 18.8 Å². The number of carbonyl (C=O) groups excluding carboxylic acids is 1. The Morgan fingerprint density at radius 2 is 2.14 bits per heavy atom. The summed E-state index contributed by atoms with van der Waals surface area (Å²) in [4.78, 5) is 12.0. The predicted octanol–water partition coefficient (Wildman–Crippen LogP) is 2.87. The number of primary amides is 1. The summed E-state index contributed by atoms with van der Waals surface area (Å²) >= 11 is 1.71. The number of nitrogens with two attached hydrogens (primary N) is 1. The lowest BCUT2D eigenvalue weighted by molar-refractivity contribution is -0.118. The van der Waals surface area contributed by atoms with Crippen molar-refractivity contribution in [1.29, 1.82) is 0 Å². The summed E-state index contributed by atoms with van der Waals surface area (Å²) in [7, 11) is 0. The molecule has 1 aromatic rings. The first kappa shape index (κ1) is 22.8. The first-order valence-corrected chi connectivity index (χ1v) is 10.9. The standard InChI is InChI=1S/C22H33NO4S/c1-15-12-16(14-28-15)8-9-17(24)10-11-19-18(20(25)13-21(19)26)6-4-2-3-5-7-22(23)27/h2,4,10-12,14,17-21,24-26H,3,5-9,13H2,1H3,(H2,23,27)/t17?,18-,19-,20?,21?/m1/s1. The van der Waals surface area contributed by atoms with Gasteiger partial charge in [0.15, 0.2) is 0 Å². The highest BCUT2D eigenvalue weighted by atomic mass is 32.1. The molecular formula is C22H33NO4S. The van der Waals surface area contributed by atoms with Crippen molar-refractivity contribution in [1.82, 2.24) is 0 Å². The number of thiophene rings is 1. The lowest BCUT2D eigenvalue weighted by Gasteiger charge is -2.19. The van der Waals surface area contributed by atoms with Crippen LogP contribution in [0.3, 0.4) is 0 Å². The van der Waals surface area contributed by atoms with Crippen LogP contribution in [0.15, 0.2) is 35.8 Å². The number of rotatable bonds is 11. The molecule has 0 bridgehead atoms. The number of hydrogen-bond donors (Lipinski definition) is 4. The van der Waals surface area contributed by atoms with Crippen molar-refractivity contribution >= 4 is 17.2 Å². The lowest BCUT2D eigenvalue weighted by Crippen LogP contribution is -2.20. The van der Waals surface area contributed by atoms with E-state index in [1.807, 2.05) is 18.2 Å². The Morgan fingerprint density at radius 1 is 1.36 bits per heavy atom. The molecule has 5 N–H and O–H groups in total. The number of amides is 1. The van der Waals surface area contributed by atoms with Crippen molar-refractivity contribution in [3.8, 4) is 0 Å².